The molecular formula is C19H20N2O. The van der Waals surface area contributed by atoms with Gasteiger partial charge in [-0.05, 0) is 37.0 Å². The fourth-order valence-electron chi connectivity index (χ4n) is 5.01. The van der Waals surface area contributed by atoms with Crippen molar-refractivity contribution in [3.8, 4) is 0 Å². The average Bonchev–Trinajstić information content (AvgIpc) is 2.92. The van der Waals surface area contributed by atoms with Gasteiger partial charge in [0, 0.05) is 36.6 Å². The molecule has 3 nitrogen and oxygen atoms in total. The quantitative estimate of drug-likeness (QED) is 0.758. The molecule has 2 saturated heterocycles. The van der Waals surface area contributed by atoms with Crippen LogP contribution in [0.5, 0.6) is 0 Å². The topological polar surface area (TPSA) is 36.4 Å². The van der Waals surface area contributed by atoms with Crippen molar-refractivity contribution in [3.05, 3.63) is 53.2 Å². The van der Waals surface area contributed by atoms with Crippen molar-refractivity contribution in [2.45, 2.75) is 37.3 Å². The zero-order valence-electron chi connectivity index (χ0n) is 12.8. The SMILES string of the molecule is C/C=C1/CN2CC[C@]3(O)c4c(cnc5ccccc45)[C@H]1C[C@H]23. The Bertz CT molecular complexity index is 812. The van der Waals surface area contributed by atoms with Gasteiger partial charge >= 0.3 is 0 Å². The van der Waals surface area contributed by atoms with Crippen molar-refractivity contribution in [1.82, 2.24) is 9.88 Å². The number of hydrogen-bond donors (Lipinski definition) is 1. The Morgan fingerprint density at radius 1 is 1.36 bits per heavy atom. The minimum absolute atomic E-state index is 0.263. The predicted octanol–water partition coefficient (Wildman–Crippen LogP) is 2.94. The molecule has 2 fully saturated rings. The van der Waals surface area contributed by atoms with Gasteiger partial charge in [0.1, 0.15) is 5.60 Å². The third kappa shape index (κ3) is 1.41. The van der Waals surface area contributed by atoms with Crippen LogP contribution in [-0.2, 0) is 5.60 Å². The number of nitrogens with zero attached hydrogens (tertiary/aromatic N) is 2. The lowest BCUT2D eigenvalue weighted by molar-refractivity contribution is -0.0195. The van der Waals surface area contributed by atoms with Crippen LogP contribution in [-0.4, -0.2) is 34.1 Å². The number of pyridine rings is 1. The smallest absolute Gasteiger partial charge is 0.107 e. The highest BCUT2D eigenvalue weighted by molar-refractivity contribution is 5.85. The molecule has 0 spiro atoms. The first-order valence-corrected chi connectivity index (χ1v) is 8.22. The minimum Gasteiger partial charge on any atom is -0.383 e. The molecular weight excluding hydrogens is 272 g/mol. The van der Waals surface area contributed by atoms with Gasteiger partial charge in [-0.25, -0.2) is 0 Å². The molecule has 1 aromatic heterocycles. The van der Waals surface area contributed by atoms with Gasteiger partial charge in [0.25, 0.3) is 0 Å². The van der Waals surface area contributed by atoms with E-state index >= 15 is 0 Å². The molecule has 0 saturated carbocycles. The van der Waals surface area contributed by atoms with Gasteiger partial charge in [0.15, 0.2) is 0 Å². The van der Waals surface area contributed by atoms with Crippen LogP contribution in [0.1, 0.15) is 36.8 Å². The van der Waals surface area contributed by atoms with Gasteiger partial charge in [-0.15, -0.1) is 0 Å². The predicted molar refractivity (Wildman–Crippen MR) is 86.7 cm³/mol. The van der Waals surface area contributed by atoms with Crippen molar-refractivity contribution >= 4 is 10.9 Å². The Balaban J connectivity index is 1.88. The molecule has 1 aliphatic carbocycles. The Morgan fingerprint density at radius 3 is 3.09 bits per heavy atom. The number of para-hydroxylation sites is 1. The van der Waals surface area contributed by atoms with E-state index in [1.807, 2.05) is 18.3 Å². The standard InChI is InChI=1S/C19H20N2O/c1-2-12-11-21-8-7-19(22)17(21)9-14(12)15-10-20-16-6-4-3-5-13(16)18(15)19/h2-6,10,14,17,22H,7-9,11H2,1H3/b12-2-/t14-,17-,19+/m0/s1. The van der Waals surface area contributed by atoms with Crippen molar-refractivity contribution in [2.75, 3.05) is 13.1 Å². The first kappa shape index (κ1) is 12.8. The Kier molecular flexibility index (Phi) is 2.43. The number of rotatable bonds is 0. The third-order valence-electron chi connectivity index (χ3n) is 6.05. The van der Waals surface area contributed by atoms with Crippen LogP contribution in [0.4, 0.5) is 0 Å². The lowest BCUT2D eigenvalue weighted by Crippen LogP contribution is -2.51. The second-order valence-electron chi connectivity index (χ2n) is 6.92. The largest absolute Gasteiger partial charge is 0.383 e. The Hall–Kier alpha value is -1.71. The first-order chi connectivity index (χ1) is 10.7. The van der Waals surface area contributed by atoms with Gasteiger partial charge in [-0.3, -0.25) is 9.88 Å². The van der Waals surface area contributed by atoms with E-state index in [1.165, 1.54) is 11.1 Å². The number of aliphatic hydroxyl groups is 1. The van der Waals surface area contributed by atoms with E-state index in [-0.39, 0.29) is 6.04 Å². The van der Waals surface area contributed by atoms with Crippen LogP contribution in [0.3, 0.4) is 0 Å². The summed E-state index contributed by atoms with van der Waals surface area (Å²) in [5.41, 5.74) is 4.19. The van der Waals surface area contributed by atoms with Crippen LogP contribution in [0.25, 0.3) is 10.9 Å². The number of hydrogen-bond acceptors (Lipinski definition) is 3. The number of allylic oxidation sites excluding steroid dienone is 1. The molecule has 22 heavy (non-hydrogen) atoms. The zero-order valence-corrected chi connectivity index (χ0v) is 12.8. The minimum atomic E-state index is -0.701. The van der Waals surface area contributed by atoms with Crippen molar-refractivity contribution < 1.29 is 5.11 Å². The summed E-state index contributed by atoms with van der Waals surface area (Å²) in [5.74, 6) is 0.428. The summed E-state index contributed by atoms with van der Waals surface area (Å²) in [6, 6.07) is 8.51. The van der Waals surface area contributed by atoms with E-state index in [9.17, 15) is 5.11 Å². The molecule has 2 aromatic rings. The summed E-state index contributed by atoms with van der Waals surface area (Å²) in [7, 11) is 0. The summed E-state index contributed by atoms with van der Waals surface area (Å²) in [4.78, 5) is 7.15. The molecule has 2 aliphatic heterocycles. The van der Waals surface area contributed by atoms with E-state index in [0.29, 0.717) is 5.92 Å². The molecule has 5 rings (SSSR count). The molecule has 1 N–H and O–H groups in total. The molecule has 1 aromatic carbocycles. The Labute approximate surface area is 130 Å². The second-order valence-corrected chi connectivity index (χ2v) is 6.92. The summed E-state index contributed by atoms with van der Waals surface area (Å²) in [6.45, 7) is 4.13. The fourth-order valence-corrected chi connectivity index (χ4v) is 5.01. The van der Waals surface area contributed by atoms with E-state index in [4.69, 9.17) is 0 Å². The van der Waals surface area contributed by atoms with Crippen LogP contribution in [0.2, 0.25) is 0 Å². The van der Waals surface area contributed by atoms with Gasteiger partial charge in [0.05, 0.1) is 5.52 Å². The summed E-state index contributed by atoms with van der Waals surface area (Å²) >= 11 is 0. The molecule has 3 atom stereocenters. The first-order valence-electron chi connectivity index (χ1n) is 8.22. The molecule has 2 bridgehead atoms. The number of aromatic nitrogens is 1. The van der Waals surface area contributed by atoms with Crippen LogP contribution >= 0.6 is 0 Å². The fraction of sp³-hybridized carbons (Fsp3) is 0.421. The number of fused-ring (bicyclic) bond motifs is 6. The lowest BCUT2D eigenvalue weighted by Gasteiger charge is -2.48. The normalized spacial score (nSPS) is 35.1. The van der Waals surface area contributed by atoms with Crippen molar-refractivity contribution in [3.63, 3.8) is 0 Å². The van der Waals surface area contributed by atoms with E-state index in [1.54, 1.807) is 0 Å². The van der Waals surface area contributed by atoms with Crippen LogP contribution in [0.15, 0.2) is 42.1 Å². The highest BCUT2D eigenvalue weighted by Crippen LogP contribution is 2.55. The molecule has 0 radical (unpaired) electrons. The maximum absolute atomic E-state index is 11.6. The van der Waals surface area contributed by atoms with Crippen LogP contribution < -0.4 is 0 Å². The maximum atomic E-state index is 11.6. The van der Waals surface area contributed by atoms with E-state index < -0.39 is 5.60 Å². The monoisotopic (exact) mass is 292 g/mol. The average molecular weight is 292 g/mol. The molecule has 0 amide bonds. The van der Waals surface area contributed by atoms with Gasteiger partial charge in [-0.1, -0.05) is 29.8 Å². The molecule has 3 aliphatic rings. The number of benzene rings is 1. The molecule has 0 unspecified atom stereocenters. The van der Waals surface area contributed by atoms with E-state index in [2.05, 4.69) is 35.0 Å². The molecule has 112 valence electrons. The zero-order chi connectivity index (χ0) is 14.9. The summed E-state index contributed by atoms with van der Waals surface area (Å²) in [5, 5.41) is 12.7. The van der Waals surface area contributed by atoms with Gasteiger partial charge in [-0.2, -0.15) is 0 Å². The highest BCUT2D eigenvalue weighted by atomic mass is 16.3. The van der Waals surface area contributed by atoms with Crippen LogP contribution in [0, 0.1) is 0 Å². The van der Waals surface area contributed by atoms with Crippen molar-refractivity contribution in [1.29, 1.82) is 0 Å². The van der Waals surface area contributed by atoms with Gasteiger partial charge < -0.3 is 5.11 Å². The van der Waals surface area contributed by atoms with E-state index in [0.717, 1.165) is 42.4 Å². The Morgan fingerprint density at radius 2 is 2.23 bits per heavy atom. The van der Waals surface area contributed by atoms with Crippen molar-refractivity contribution in [2.24, 2.45) is 0 Å². The summed E-state index contributed by atoms with van der Waals surface area (Å²) in [6.07, 6.45) is 6.15. The number of piperidine rings is 1. The maximum Gasteiger partial charge on any atom is 0.107 e. The molecule has 3 heteroatoms. The highest BCUT2D eigenvalue weighted by Gasteiger charge is 2.56. The van der Waals surface area contributed by atoms with Gasteiger partial charge in [0.2, 0.25) is 0 Å². The third-order valence-corrected chi connectivity index (χ3v) is 6.05. The lowest BCUT2D eigenvalue weighted by atomic mass is 9.66. The summed E-state index contributed by atoms with van der Waals surface area (Å²) < 4.78 is 0. The second kappa shape index (κ2) is 4.18. The molecule has 3 heterocycles.